The molecule has 0 N–H and O–H groups in total. The summed E-state index contributed by atoms with van der Waals surface area (Å²) in [5.74, 6) is 0. The van der Waals surface area contributed by atoms with Crippen molar-refractivity contribution < 1.29 is 0 Å². The molecule has 4 nitrogen and oxygen atoms in total. The number of hydrogen-bond acceptors (Lipinski definition) is 3. The molecule has 4 aromatic rings. The summed E-state index contributed by atoms with van der Waals surface area (Å²) in [6, 6.07) is 16.1. The van der Waals surface area contributed by atoms with E-state index in [1.54, 1.807) is 4.68 Å². The number of aromatic nitrogens is 4. The average molecular weight is 461 g/mol. The van der Waals surface area contributed by atoms with Crippen LogP contribution in [0.1, 0.15) is 5.56 Å². The molecule has 6 heteroatoms. The second kappa shape index (κ2) is 6.38. The summed E-state index contributed by atoms with van der Waals surface area (Å²) >= 11 is 9.09. The van der Waals surface area contributed by atoms with Crippen molar-refractivity contribution in [3.05, 3.63) is 62.7 Å². The van der Waals surface area contributed by atoms with Gasteiger partial charge >= 0.3 is 0 Å². The van der Waals surface area contributed by atoms with Gasteiger partial charge in [0.25, 0.3) is 0 Å². The minimum absolute atomic E-state index is 0.579. The van der Waals surface area contributed by atoms with Crippen molar-refractivity contribution in [2.24, 2.45) is 7.05 Å². The van der Waals surface area contributed by atoms with Gasteiger partial charge in [-0.25, -0.2) is 4.68 Å². The molecule has 0 bridgehead atoms. The fourth-order valence-electron chi connectivity index (χ4n) is 2.87. The second-order valence-corrected chi connectivity index (χ2v) is 7.40. The van der Waals surface area contributed by atoms with Gasteiger partial charge in [-0.05, 0) is 47.2 Å². The molecule has 0 amide bonds. The third kappa shape index (κ3) is 2.81. The molecule has 4 rings (SSSR count). The lowest BCUT2D eigenvalue weighted by Gasteiger charge is -2.06. The second-order valence-electron chi connectivity index (χ2n) is 5.86. The number of rotatable bonds is 2. The summed E-state index contributed by atoms with van der Waals surface area (Å²) in [4.78, 5) is 0. The SMILES string of the molecule is Cc1cc(-c2nn(C)c3nnc(-c4ccccc4)c(Cl)c23)ccc1I. The molecule has 0 saturated heterocycles. The van der Waals surface area contributed by atoms with Crippen LogP contribution in [0.25, 0.3) is 33.5 Å². The van der Waals surface area contributed by atoms with E-state index in [9.17, 15) is 0 Å². The molecule has 0 fully saturated rings. The van der Waals surface area contributed by atoms with Gasteiger partial charge in [0, 0.05) is 21.7 Å². The average Bonchev–Trinajstić information content (AvgIpc) is 2.96. The molecule has 0 spiro atoms. The van der Waals surface area contributed by atoms with Crippen LogP contribution in [0.5, 0.6) is 0 Å². The zero-order valence-electron chi connectivity index (χ0n) is 13.7. The van der Waals surface area contributed by atoms with Crippen LogP contribution in [0.4, 0.5) is 0 Å². The molecule has 0 radical (unpaired) electrons. The van der Waals surface area contributed by atoms with E-state index in [0.29, 0.717) is 16.4 Å². The van der Waals surface area contributed by atoms with E-state index in [4.69, 9.17) is 11.6 Å². The highest BCUT2D eigenvalue weighted by molar-refractivity contribution is 14.1. The van der Waals surface area contributed by atoms with Crippen LogP contribution < -0.4 is 0 Å². The van der Waals surface area contributed by atoms with Gasteiger partial charge in [0.15, 0.2) is 5.65 Å². The smallest absolute Gasteiger partial charge is 0.182 e. The molecule has 0 saturated carbocycles. The van der Waals surface area contributed by atoms with Crippen LogP contribution in [0.3, 0.4) is 0 Å². The van der Waals surface area contributed by atoms with Crippen LogP contribution >= 0.6 is 34.2 Å². The maximum Gasteiger partial charge on any atom is 0.182 e. The van der Waals surface area contributed by atoms with Crippen LogP contribution in [0.15, 0.2) is 48.5 Å². The van der Waals surface area contributed by atoms with Gasteiger partial charge in [0.2, 0.25) is 0 Å². The van der Waals surface area contributed by atoms with Gasteiger partial charge in [-0.2, -0.15) is 5.10 Å². The molecule has 2 heterocycles. The highest BCUT2D eigenvalue weighted by atomic mass is 127. The highest BCUT2D eigenvalue weighted by Crippen LogP contribution is 2.37. The molecule has 0 aliphatic carbocycles. The van der Waals surface area contributed by atoms with E-state index in [1.807, 2.05) is 37.4 Å². The third-order valence-electron chi connectivity index (χ3n) is 4.17. The molecule has 0 aliphatic heterocycles. The zero-order valence-corrected chi connectivity index (χ0v) is 16.6. The molecule has 0 atom stereocenters. The predicted molar refractivity (Wildman–Crippen MR) is 110 cm³/mol. The van der Waals surface area contributed by atoms with Crippen LogP contribution in [-0.2, 0) is 7.05 Å². The Labute approximate surface area is 164 Å². The van der Waals surface area contributed by atoms with Gasteiger partial charge < -0.3 is 0 Å². The monoisotopic (exact) mass is 460 g/mol. The van der Waals surface area contributed by atoms with Crippen molar-refractivity contribution in [2.45, 2.75) is 6.92 Å². The number of hydrogen-bond donors (Lipinski definition) is 0. The van der Waals surface area contributed by atoms with Gasteiger partial charge in [-0.3, -0.25) is 0 Å². The van der Waals surface area contributed by atoms with Crippen molar-refractivity contribution in [1.29, 1.82) is 0 Å². The van der Waals surface area contributed by atoms with Crippen LogP contribution in [-0.4, -0.2) is 20.0 Å². The summed E-state index contributed by atoms with van der Waals surface area (Å²) in [6.45, 7) is 2.09. The van der Waals surface area contributed by atoms with Crippen molar-refractivity contribution >= 4 is 45.2 Å². The van der Waals surface area contributed by atoms with Crippen molar-refractivity contribution in [3.63, 3.8) is 0 Å². The Kier molecular flexibility index (Phi) is 4.21. The first kappa shape index (κ1) is 16.5. The van der Waals surface area contributed by atoms with Gasteiger partial charge in [-0.15, -0.1) is 10.2 Å². The van der Waals surface area contributed by atoms with E-state index in [0.717, 1.165) is 22.2 Å². The first-order valence-electron chi connectivity index (χ1n) is 7.77. The topological polar surface area (TPSA) is 43.6 Å². The quantitative estimate of drug-likeness (QED) is 0.383. The Morgan fingerprint density at radius 2 is 1.72 bits per heavy atom. The molecular formula is C19H14ClIN4. The van der Waals surface area contributed by atoms with Crippen LogP contribution in [0.2, 0.25) is 5.02 Å². The zero-order chi connectivity index (χ0) is 17.6. The Morgan fingerprint density at radius 3 is 2.44 bits per heavy atom. The van der Waals surface area contributed by atoms with Gasteiger partial charge in [0.05, 0.1) is 10.4 Å². The molecule has 25 heavy (non-hydrogen) atoms. The fraction of sp³-hybridized carbons (Fsp3) is 0.105. The summed E-state index contributed by atoms with van der Waals surface area (Å²) in [5.41, 5.74) is 5.35. The Hall–Kier alpha value is -1.99. The van der Waals surface area contributed by atoms with E-state index in [-0.39, 0.29) is 0 Å². The van der Waals surface area contributed by atoms with Crippen LogP contribution in [0, 0.1) is 10.5 Å². The third-order valence-corrected chi connectivity index (χ3v) is 5.75. The minimum atomic E-state index is 0.579. The number of fused-ring (bicyclic) bond motifs is 1. The van der Waals surface area contributed by atoms with E-state index in [1.165, 1.54) is 9.13 Å². The first-order valence-corrected chi connectivity index (χ1v) is 9.23. The van der Waals surface area contributed by atoms with E-state index >= 15 is 0 Å². The van der Waals surface area contributed by atoms with Crippen molar-refractivity contribution in [1.82, 2.24) is 20.0 Å². The summed E-state index contributed by atoms with van der Waals surface area (Å²) in [7, 11) is 1.86. The summed E-state index contributed by atoms with van der Waals surface area (Å²) in [5, 5.41) is 14.8. The maximum atomic E-state index is 6.76. The van der Waals surface area contributed by atoms with Crippen molar-refractivity contribution in [2.75, 3.05) is 0 Å². The lowest BCUT2D eigenvalue weighted by molar-refractivity contribution is 0.781. The molecule has 0 unspecified atom stereocenters. The molecule has 0 aliphatic rings. The maximum absolute atomic E-state index is 6.76. The van der Waals surface area contributed by atoms with Gasteiger partial charge in [0.1, 0.15) is 11.4 Å². The van der Waals surface area contributed by atoms with E-state index in [2.05, 4.69) is 63.0 Å². The largest absolute Gasteiger partial charge is 0.248 e. The number of nitrogens with zero attached hydrogens (tertiary/aromatic N) is 4. The lowest BCUT2D eigenvalue weighted by atomic mass is 10.1. The Bertz CT molecular complexity index is 1090. The van der Waals surface area contributed by atoms with Crippen molar-refractivity contribution in [3.8, 4) is 22.5 Å². The molecule has 124 valence electrons. The highest BCUT2D eigenvalue weighted by Gasteiger charge is 2.20. The first-order chi connectivity index (χ1) is 12.1. The summed E-state index contributed by atoms with van der Waals surface area (Å²) < 4.78 is 2.95. The standard InChI is InChI=1S/C19H14ClIN4/c1-11-10-13(8-9-14(11)21)17-15-16(20)18(12-6-4-3-5-7-12)22-23-19(15)25(2)24-17/h3-10H,1-2H3. The predicted octanol–water partition coefficient (Wildman–Crippen LogP) is 5.26. The van der Waals surface area contributed by atoms with Gasteiger partial charge in [-0.1, -0.05) is 48.0 Å². The number of aryl methyl sites for hydroxylation is 2. The summed E-state index contributed by atoms with van der Waals surface area (Å²) in [6.07, 6.45) is 0. The molecular weight excluding hydrogens is 447 g/mol. The molecule has 2 aromatic heterocycles. The van der Waals surface area contributed by atoms with E-state index < -0.39 is 0 Å². The number of benzene rings is 2. The number of halogens is 2. The fourth-order valence-corrected chi connectivity index (χ4v) is 3.52. The molecule has 2 aromatic carbocycles. The Morgan fingerprint density at radius 1 is 0.960 bits per heavy atom. The normalized spacial score (nSPS) is 11.2. The minimum Gasteiger partial charge on any atom is -0.248 e. The Balaban J connectivity index is 2.01. The lowest BCUT2D eigenvalue weighted by Crippen LogP contribution is -1.95.